The minimum Gasteiger partial charge on any atom is -0.463 e. The number of rotatable bonds is 10. The Morgan fingerprint density at radius 2 is 1.56 bits per heavy atom. The SMILES string of the molecule is CC(=O)OC[C@H]1OC(Oc2n[nH]c(C(C)C)c2Cc2ccc(Br)cc2C)[C@H](OC(C)=O)[C@@H](OC(C)=O)[C@@H]1OC(C)=O. The molecule has 1 aliphatic heterocycles. The van der Waals surface area contributed by atoms with Crippen LogP contribution in [0.5, 0.6) is 5.88 Å². The number of hydrogen-bond acceptors (Lipinski definition) is 11. The number of aromatic amines is 1. The topological polar surface area (TPSA) is 152 Å². The van der Waals surface area contributed by atoms with Crippen molar-refractivity contribution in [2.45, 2.75) is 91.5 Å². The molecule has 0 saturated carbocycles. The fraction of sp³-hybridized carbons (Fsp3) is 0.536. The molecule has 1 aromatic carbocycles. The van der Waals surface area contributed by atoms with Gasteiger partial charge in [-0.3, -0.25) is 24.3 Å². The number of carbonyl (C=O) groups is 4. The van der Waals surface area contributed by atoms with E-state index in [4.69, 9.17) is 28.4 Å². The molecule has 1 aromatic heterocycles. The van der Waals surface area contributed by atoms with Gasteiger partial charge in [0.1, 0.15) is 12.7 Å². The van der Waals surface area contributed by atoms with Crippen LogP contribution >= 0.6 is 15.9 Å². The summed E-state index contributed by atoms with van der Waals surface area (Å²) in [4.78, 5) is 47.9. The van der Waals surface area contributed by atoms with E-state index in [2.05, 4.69) is 26.1 Å². The third-order valence-corrected chi connectivity index (χ3v) is 6.78. The summed E-state index contributed by atoms with van der Waals surface area (Å²) in [7, 11) is 0. The van der Waals surface area contributed by atoms with E-state index < -0.39 is 54.6 Å². The van der Waals surface area contributed by atoms with Crippen LogP contribution < -0.4 is 4.74 Å². The maximum absolute atomic E-state index is 12.2. The van der Waals surface area contributed by atoms with E-state index in [9.17, 15) is 19.2 Å². The summed E-state index contributed by atoms with van der Waals surface area (Å²) in [5.41, 5.74) is 3.66. The van der Waals surface area contributed by atoms with Gasteiger partial charge in [-0.05, 0) is 36.1 Å². The van der Waals surface area contributed by atoms with E-state index in [0.29, 0.717) is 6.42 Å². The molecule has 3 rings (SSSR count). The molecule has 0 spiro atoms. The van der Waals surface area contributed by atoms with E-state index in [-0.39, 0.29) is 18.4 Å². The zero-order chi connectivity index (χ0) is 30.4. The van der Waals surface area contributed by atoms with Crippen LogP contribution in [0, 0.1) is 6.92 Å². The lowest BCUT2D eigenvalue weighted by atomic mass is 9.96. The van der Waals surface area contributed by atoms with Gasteiger partial charge in [0.2, 0.25) is 18.3 Å². The minimum atomic E-state index is -1.39. The number of halogens is 1. The highest BCUT2D eigenvalue weighted by molar-refractivity contribution is 9.10. The lowest BCUT2D eigenvalue weighted by Gasteiger charge is -2.43. The summed E-state index contributed by atoms with van der Waals surface area (Å²) >= 11 is 3.49. The van der Waals surface area contributed by atoms with Crippen molar-refractivity contribution in [1.29, 1.82) is 0 Å². The molecule has 1 aliphatic rings. The highest BCUT2D eigenvalue weighted by Gasteiger charge is 2.53. The number of hydrogen-bond donors (Lipinski definition) is 1. The first-order valence-electron chi connectivity index (χ1n) is 13.1. The molecule has 1 saturated heterocycles. The second kappa shape index (κ2) is 13.9. The van der Waals surface area contributed by atoms with Crippen molar-refractivity contribution in [2.24, 2.45) is 0 Å². The van der Waals surface area contributed by atoms with E-state index in [1.165, 1.54) is 13.8 Å². The van der Waals surface area contributed by atoms with Gasteiger partial charge in [0.05, 0.1) is 0 Å². The average Bonchev–Trinajstić information content (AvgIpc) is 3.24. The molecule has 1 N–H and O–H groups in total. The number of nitrogens with zero attached hydrogens (tertiary/aromatic N) is 1. The Morgan fingerprint density at radius 3 is 2.12 bits per heavy atom. The maximum Gasteiger partial charge on any atom is 0.303 e. The molecule has 1 fully saturated rings. The monoisotopic (exact) mass is 638 g/mol. The highest BCUT2D eigenvalue weighted by atomic mass is 79.9. The van der Waals surface area contributed by atoms with E-state index in [0.717, 1.165) is 40.7 Å². The fourth-order valence-electron chi connectivity index (χ4n) is 4.55. The van der Waals surface area contributed by atoms with Crippen molar-refractivity contribution in [3.05, 3.63) is 45.1 Å². The normalized spacial score (nSPS) is 22.1. The first-order chi connectivity index (χ1) is 19.3. The van der Waals surface area contributed by atoms with Gasteiger partial charge in [0.25, 0.3) is 0 Å². The van der Waals surface area contributed by atoms with Gasteiger partial charge < -0.3 is 28.4 Å². The molecule has 41 heavy (non-hydrogen) atoms. The molecule has 12 nitrogen and oxygen atoms in total. The highest BCUT2D eigenvalue weighted by Crippen LogP contribution is 2.34. The summed E-state index contributed by atoms with van der Waals surface area (Å²) in [6.07, 6.45) is -6.05. The van der Waals surface area contributed by atoms with Gasteiger partial charge in [0.15, 0.2) is 12.2 Å². The van der Waals surface area contributed by atoms with Crippen LogP contribution in [0.3, 0.4) is 0 Å². The largest absolute Gasteiger partial charge is 0.463 e. The number of aryl methyl sites for hydroxylation is 1. The number of H-pyrrole nitrogens is 1. The average molecular weight is 639 g/mol. The fourth-order valence-corrected chi connectivity index (χ4v) is 5.02. The minimum absolute atomic E-state index is 0.0565. The smallest absolute Gasteiger partial charge is 0.303 e. The summed E-state index contributed by atoms with van der Waals surface area (Å²) in [5, 5.41) is 7.41. The molecule has 13 heteroatoms. The summed E-state index contributed by atoms with van der Waals surface area (Å²) in [5.74, 6) is -2.55. The van der Waals surface area contributed by atoms with Crippen molar-refractivity contribution in [2.75, 3.05) is 6.61 Å². The first-order valence-corrected chi connectivity index (χ1v) is 13.8. The van der Waals surface area contributed by atoms with Gasteiger partial charge in [-0.15, -0.1) is 5.10 Å². The molecule has 224 valence electrons. The Hall–Kier alpha value is -3.45. The molecule has 1 unspecified atom stereocenters. The summed E-state index contributed by atoms with van der Waals surface area (Å²) in [6, 6.07) is 5.94. The molecule has 0 amide bonds. The molecule has 2 heterocycles. The quantitative estimate of drug-likeness (QED) is 0.300. The zero-order valence-electron chi connectivity index (χ0n) is 24.0. The van der Waals surface area contributed by atoms with Gasteiger partial charge in [-0.2, -0.15) is 0 Å². The van der Waals surface area contributed by atoms with Crippen LogP contribution in [0.1, 0.15) is 69.8 Å². The van der Waals surface area contributed by atoms with E-state index in [1.807, 2.05) is 39.0 Å². The van der Waals surface area contributed by atoms with Crippen LogP contribution in [0.2, 0.25) is 0 Å². The molecule has 0 bridgehead atoms. The Bertz CT molecular complexity index is 1280. The molecule has 0 radical (unpaired) electrons. The number of nitrogens with one attached hydrogen (secondary N) is 1. The number of benzene rings is 1. The molecular weight excluding hydrogens is 604 g/mol. The Balaban J connectivity index is 2.06. The Morgan fingerprint density at radius 1 is 0.951 bits per heavy atom. The molecule has 5 atom stereocenters. The predicted octanol–water partition coefficient (Wildman–Crippen LogP) is 3.66. The van der Waals surface area contributed by atoms with E-state index in [1.54, 1.807) is 0 Å². The number of carbonyl (C=O) groups excluding carboxylic acids is 4. The number of aromatic nitrogens is 2. The lowest BCUT2D eigenvalue weighted by molar-refractivity contribution is -0.289. The Kier molecular flexibility index (Phi) is 10.9. The van der Waals surface area contributed by atoms with E-state index >= 15 is 0 Å². The van der Waals surface area contributed by atoms with Crippen LogP contribution in [-0.2, 0) is 49.3 Å². The van der Waals surface area contributed by atoms with Crippen molar-refractivity contribution in [3.8, 4) is 5.88 Å². The van der Waals surface area contributed by atoms with Gasteiger partial charge in [0, 0.05) is 49.8 Å². The van der Waals surface area contributed by atoms with Gasteiger partial charge in [-0.25, -0.2) is 0 Å². The zero-order valence-corrected chi connectivity index (χ0v) is 25.6. The van der Waals surface area contributed by atoms with Crippen LogP contribution in [0.15, 0.2) is 22.7 Å². The third-order valence-electron chi connectivity index (χ3n) is 6.29. The second-order valence-electron chi connectivity index (χ2n) is 10.0. The van der Waals surface area contributed by atoms with Crippen LogP contribution in [0.4, 0.5) is 0 Å². The van der Waals surface area contributed by atoms with Crippen LogP contribution in [0.25, 0.3) is 0 Å². The second-order valence-corrected chi connectivity index (χ2v) is 10.9. The third kappa shape index (κ3) is 8.52. The first kappa shape index (κ1) is 32.1. The lowest BCUT2D eigenvalue weighted by Crippen LogP contribution is -2.63. The van der Waals surface area contributed by atoms with Crippen molar-refractivity contribution in [3.63, 3.8) is 0 Å². The summed E-state index contributed by atoms with van der Waals surface area (Å²) in [6.45, 7) is 10.3. The summed E-state index contributed by atoms with van der Waals surface area (Å²) < 4.78 is 34.8. The molecular formula is C28H35BrN2O10. The van der Waals surface area contributed by atoms with Gasteiger partial charge in [-0.1, -0.05) is 35.8 Å². The standard InChI is InChI=1S/C28H35BrN2O10/c1-13(2)23-21(11-19-8-9-20(29)10-14(19)3)27(31-30-23)41-28-26(39-18(7)35)25(38-17(6)34)24(37-16(5)33)22(40-28)12-36-15(4)32/h8-10,13,22,24-26,28H,11-12H2,1-7H3,(H,30,31)/t22-,24-,25+,26-,28?/m1/s1. The van der Waals surface area contributed by atoms with Crippen molar-refractivity contribution >= 4 is 39.8 Å². The van der Waals surface area contributed by atoms with Gasteiger partial charge >= 0.3 is 23.9 Å². The predicted molar refractivity (Wildman–Crippen MR) is 147 cm³/mol. The molecule has 0 aliphatic carbocycles. The van der Waals surface area contributed by atoms with Crippen molar-refractivity contribution in [1.82, 2.24) is 10.2 Å². The van der Waals surface area contributed by atoms with Crippen molar-refractivity contribution < 1.29 is 47.6 Å². The maximum atomic E-state index is 12.2. The number of esters is 4. The Labute approximate surface area is 246 Å². The number of ether oxygens (including phenoxy) is 6. The van der Waals surface area contributed by atoms with Crippen LogP contribution in [-0.4, -0.2) is 71.4 Å². The molecule has 2 aromatic rings.